The van der Waals surface area contributed by atoms with Crippen LogP contribution in [0.5, 0.6) is 0 Å². The fourth-order valence-corrected chi connectivity index (χ4v) is 2.86. The van der Waals surface area contributed by atoms with Crippen LogP contribution < -0.4 is 5.32 Å². The second-order valence-electron chi connectivity index (χ2n) is 5.57. The Morgan fingerprint density at radius 2 is 1.72 bits per heavy atom. The molecule has 0 saturated heterocycles. The van der Waals surface area contributed by atoms with Gasteiger partial charge in [-0.2, -0.15) is 13.2 Å². The Hall–Kier alpha value is -2.15. The van der Waals surface area contributed by atoms with Crippen molar-refractivity contribution in [3.05, 3.63) is 64.4 Å². The minimum atomic E-state index is -4.60. The summed E-state index contributed by atoms with van der Waals surface area (Å²) in [6.07, 6.45) is -3.90. The first-order valence-electron chi connectivity index (χ1n) is 7.74. The Bertz CT molecular complexity index is 879. The molecule has 0 saturated carbocycles. The highest BCUT2D eigenvalue weighted by molar-refractivity contribution is 9.10. The van der Waals surface area contributed by atoms with Crippen LogP contribution in [0.15, 0.2) is 53.0 Å². The van der Waals surface area contributed by atoms with E-state index in [9.17, 15) is 13.2 Å². The lowest BCUT2D eigenvalue weighted by atomic mass is 10.0. The van der Waals surface area contributed by atoms with Crippen LogP contribution in [0.2, 0.25) is 0 Å². The summed E-state index contributed by atoms with van der Waals surface area (Å²) in [4.78, 5) is 7.39. The molecule has 2 aromatic carbocycles. The van der Waals surface area contributed by atoms with E-state index in [1.54, 1.807) is 24.3 Å². The van der Waals surface area contributed by atoms with Crippen LogP contribution in [-0.4, -0.2) is 9.97 Å². The third kappa shape index (κ3) is 3.92. The molecule has 1 N–H and O–H groups in total. The number of anilines is 1. The van der Waals surface area contributed by atoms with Crippen molar-refractivity contribution in [1.29, 1.82) is 0 Å². The van der Waals surface area contributed by atoms with Crippen LogP contribution in [0.3, 0.4) is 0 Å². The van der Waals surface area contributed by atoms with Crippen molar-refractivity contribution < 1.29 is 13.2 Å². The Balaban J connectivity index is 2.05. The highest BCUT2D eigenvalue weighted by Crippen LogP contribution is 2.32. The second-order valence-corrected chi connectivity index (χ2v) is 6.48. The molecule has 0 aliphatic carbocycles. The van der Waals surface area contributed by atoms with Crippen LogP contribution in [0, 0.1) is 0 Å². The minimum absolute atomic E-state index is 0.160. The molecule has 1 atom stereocenters. The molecule has 3 nitrogen and oxygen atoms in total. The SMILES string of the molecule is CC[C@H](Nc1nc(C(F)(F)F)nc2ccccc12)c1ccc(Br)cc1. The molecule has 1 aromatic heterocycles. The fraction of sp³-hybridized carbons (Fsp3) is 0.222. The molecule has 3 aromatic rings. The highest BCUT2D eigenvalue weighted by Gasteiger charge is 2.35. The number of nitrogens with zero attached hydrogens (tertiary/aromatic N) is 2. The quantitative estimate of drug-likeness (QED) is 0.576. The third-order valence-electron chi connectivity index (χ3n) is 3.85. The normalized spacial score (nSPS) is 13.0. The maximum atomic E-state index is 13.1. The maximum absolute atomic E-state index is 13.1. The average Bonchev–Trinajstić information content (AvgIpc) is 2.59. The zero-order valence-corrected chi connectivity index (χ0v) is 14.9. The molecular formula is C18H15BrF3N3. The zero-order chi connectivity index (χ0) is 18.0. The van der Waals surface area contributed by atoms with Gasteiger partial charge in [-0.15, -0.1) is 0 Å². The maximum Gasteiger partial charge on any atom is 0.451 e. The van der Waals surface area contributed by atoms with Gasteiger partial charge in [0.2, 0.25) is 5.82 Å². The third-order valence-corrected chi connectivity index (χ3v) is 4.38. The van der Waals surface area contributed by atoms with Gasteiger partial charge in [0, 0.05) is 9.86 Å². The van der Waals surface area contributed by atoms with E-state index in [2.05, 4.69) is 31.2 Å². The Kier molecular flexibility index (Phi) is 4.94. The van der Waals surface area contributed by atoms with E-state index in [-0.39, 0.29) is 17.4 Å². The standard InChI is InChI=1S/C18H15BrF3N3/c1-2-14(11-7-9-12(19)10-8-11)23-16-13-5-3-4-6-15(13)24-17(25-16)18(20,21)22/h3-10,14H,2H2,1H3,(H,23,24,25)/t14-/m0/s1. The number of nitrogens with one attached hydrogen (secondary N) is 1. The number of benzene rings is 2. The smallest absolute Gasteiger partial charge is 0.363 e. The molecule has 0 bridgehead atoms. The highest BCUT2D eigenvalue weighted by atomic mass is 79.9. The van der Waals surface area contributed by atoms with Gasteiger partial charge in [-0.3, -0.25) is 0 Å². The van der Waals surface area contributed by atoms with E-state index >= 15 is 0 Å². The Labute approximate surface area is 151 Å². The van der Waals surface area contributed by atoms with Crippen molar-refractivity contribution in [2.45, 2.75) is 25.6 Å². The molecule has 1 heterocycles. The van der Waals surface area contributed by atoms with E-state index < -0.39 is 12.0 Å². The fourth-order valence-electron chi connectivity index (χ4n) is 2.59. The van der Waals surface area contributed by atoms with E-state index in [1.165, 1.54) is 0 Å². The summed E-state index contributed by atoms with van der Waals surface area (Å²) in [6.45, 7) is 1.97. The summed E-state index contributed by atoms with van der Waals surface area (Å²) in [7, 11) is 0. The summed E-state index contributed by atoms with van der Waals surface area (Å²) >= 11 is 3.38. The molecule has 0 aliphatic rings. The molecular weight excluding hydrogens is 395 g/mol. The predicted molar refractivity (Wildman–Crippen MR) is 95.3 cm³/mol. The van der Waals surface area contributed by atoms with Crippen LogP contribution in [0.1, 0.15) is 30.8 Å². The summed E-state index contributed by atoms with van der Waals surface area (Å²) in [6, 6.07) is 14.2. The van der Waals surface area contributed by atoms with E-state index in [0.717, 1.165) is 10.0 Å². The van der Waals surface area contributed by atoms with Crippen LogP contribution in [-0.2, 0) is 6.18 Å². The number of alkyl halides is 3. The minimum Gasteiger partial charge on any atom is -0.363 e. The molecule has 3 rings (SSSR count). The Morgan fingerprint density at radius 3 is 2.36 bits per heavy atom. The molecule has 130 valence electrons. The first-order chi connectivity index (χ1) is 11.9. The lowest BCUT2D eigenvalue weighted by molar-refractivity contribution is -0.144. The lowest BCUT2D eigenvalue weighted by Crippen LogP contribution is -2.16. The largest absolute Gasteiger partial charge is 0.451 e. The number of hydrogen-bond acceptors (Lipinski definition) is 3. The molecule has 25 heavy (non-hydrogen) atoms. The first kappa shape index (κ1) is 17.7. The van der Waals surface area contributed by atoms with Crippen molar-refractivity contribution in [2.75, 3.05) is 5.32 Å². The zero-order valence-electron chi connectivity index (χ0n) is 13.3. The molecule has 7 heteroatoms. The molecule has 0 radical (unpaired) electrons. The molecule has 0 aliphatic heterocycles. The average molecular weight is 410 g/mol. The number of fused-ring (bicyclic) bond motifs is 1. The topological polar surface area (TPSA) is 37.8 Å². The van der Waals surface area contributed by atoms with Gasteiger partial charge < -0.3 is 5.32 Å². The molecule has 0 unspecified atom stereocenters. The lowest BCUT2D eigenvalue weighted by Gasteiger charge is -2.20. The summed E-state index contributed by atoms with van der Waals surface area (Å²) < 4.78 is 40.3. The molecule has 0 fully saturated rings. The van der Waals surface area contributed by atoms with Gasteiger partial charge in [0.05, 0.1) is 11.6 Å². The van der Waals surface area contributed by atoms with Crippen molar-refractivity contribution in [3.8, 4) is 0 Å². The van der Waals surface area contributed by atoms with Crippen molar-refractivity contribution in [1.82, 2.24) is 9.97 Å². The van der Waals surface area contributed by atoms with Crippen LogP contribution in [0.4, 0.5) is 19.0 Å². The number of aromatic nitrogens is 2. The predicted octanol–water partition coefficient (Wildman–Crippen LogP) is 5.97. The van der Waals surface area contributed by atoms with Gasteiger partial charge >= 0.3 is 6.18 Å². The Morgan fingerprint density at radius 1 is 1.04 bits per heavy atom. The monoisotopic (exact) mass is 409 g/mol. The second kappa shape index (κ2) is 7.00. The van der Waals surface area contributed by atoms with Gasteiger partial charge in [-0.1, -0.05) is 47.1 Å². The first-order valence-corrected chi connectivity index (χ1v) is 8.53. The number of rotatable bonds is 4. The van der Waals surface area contributed by atoms with Gasteiger partial charge in [-0.05, 0) is 36.2 Å². The number of halogens is 4. The summed E-state index contributed by atoms with van der Waals surface area (Å²) in [5, 5.41) is 3.71. The van der Waals surface area contributed by atoms with E-state index in [4.69, 9.17) is 0 Å². The van der Waals surface area contributed by atoms with Gasteiger partial charge in [0.1, 0.15) is 5.82 Å². The molecule has 0 amide bonds. The van der Waals surface area contributed by atoms with Crippen LogP contribution >= 0.6 is 15.9 Å². The summed E-state index contributed by atoms with van der Waals surface area (Å²) in [5.41, 5.74) is 1.24. The number of hydrogen-bond donors (Lipinski definition) is 1. The van der Waals surface area contributed by atoms with Crippen molar-refractivity contribution in [3.63, 3.8) is 0 Å². The van der Waals surface area contributed by atoms with Gasteiger partial charge in [0.25, 0.3) is 0 Å². The molecule has 0 spiro atoms. The number of para-hydroxylation sites is 1. The van der Waals surface area contributed by atoms with Crippen molar-refractivity contribution >= 4 is 32.7 Å². The van der Waals surface area contributed by atoms with E-state index in [0.29, 0.717) is 11.8 Å². The van der Waals surface area contributed by atoms with Gasteiger partial charge in [0.15, 0.2) is 0 Å². The van der Waals surface area contributed by atoms with Crippen molar-refractivity contribution in [2.24, 2.45) is 0 Å². The van der Waals surface area contributed by atoms with Crippen LogP contribution in [0.25, 0.3) is 10.9 Å². The van der Waals surface area contributed by atoms with Gasteiger partial charge in [-0.25, -0.2) is 9.97 Å². The summed E-state index contributed by atoms with van der Waals surface area (Å²) in [5.74, 6) is -0.952. The van der Waals surface area contributed by atoms with E-state index in [1.807, 2.05) is 31.2 Å².